The van der Waals surface area contributed by atoms with E-state index in [-0.39, 0.29) is 0 Å². The maximum absolute atomic E-state index is 6.64. The first kappa shape index (κ1) is 40.9. The van der Waals surface area contributed by atoms with E-state index in [0.29, 0.717) is 12.4 Å². The van der Waals surface area contributed by atoms with E-state index in [0.717, 1.165) is 48.8 Å². The van der Waals surface area contributed by atoms with E-state index in [4.69, 9.17) is 29.3 Å². The lowest BCUT2D eigenvalue weighted by atomic mass is 10.1. The van der Waals surface area contributed by atoms with Gasteiger partial charge in [0, 0.05) is 11.4 Å². The predicted molar refractivity (Wildman–Crippen MR) is 204 cm³/mol. The second-order valence-corrected chi connectivity index (χ2v) is 27.7. The lowest BCUT2D eigenvalue weighted by molar-refractivity contribution is 0.302. The highest BCUT2D eigenvalue weighted by atomic mass is 35.5. The van der Waals surface area contributed by atoms with Gasteiger partial charge >= 0.3 is 8.56 Å². The van der Waals surface area contributed by atoms with Crippen molar-refractivity contribution >= 4 is 36.8 Å². The average Bonchev–Trinajstić information content (AvgIpc) is 2.98. The lowest BCUT2D eigenvalue weighted by Crippen LogP contribution is -2.51. The van der Waals surface area contributed by atoms with Crippen LogP contribution < -0.4 is 9.47 Å². The van der Waals surface area contributed by atoms with Crippen LogP contribution in [-0.4, -0.2) is 54.3 Å². The van der Waals surface area contributed by atoms with Gasteiger partial charge in [-0.25, -0.2) is 9.97 Å². The van der Waals surface area contributed by atoms with Crippen LogP contribution in [0.3, 0.4) is 0 Å². The van der Waals surface area contributed by atoms with E-state index in [1.54, 1.807) is 12.4 Å². The van der Waals surface area contributed by atoms with Gasteiger partial charge in [-0.2, -0.15) is 0 Å². The summed E-state index contributed by atoms with van der Waals surface area (Å²) in [5, 5.41) is 0. The molecule has 0 saturated heterocycles. The first-order valence-electron chi connectivity index (χ1n) is 18.0. The number of halogens is 1. The minimum Gasteiger partial charge on any atom is -0.494 e. The molecule has 0 saturated carbocycles. The Kier molecular flexibility index (Phi) is 19.9. The topological polar surface area (TPSA) is 62.7 Å². The van der Waals surface area contributed by atoms with Crippen molar-refractivity contribution < 1.29 is 17.7 Å². The molecular formula is C36H65ClN2O4Si3. The van der Waals surface area contributed by atoms with E-state index in [2.05, 4.69) is 55.8 Å². The van der Waals surface area contributed by atoms with Crippen molar-refractivity contribution in [3.05, 3.63) is 36.7 Å². The van der Waals surface area contributed by atoms with E-state index in [9.17, 15) is 0 Å². The second kappa shape index (κ2) is 22.4. The van der Waals surface area contributed by atoms with Gasteiger partial charge in [-0.15, -0.1) is 11.6 Å². The van der Waals surface area contributed by atoms with Gasteiger partial charge in [-0.05, 0) is 95.4 Å². The van der Waals surface area contributed by atoms with E-state index >= 15 is 0 Å². The Bertz CT molecular complexity index is 1050. The fraction of sp³-hybridized carbons (Fsp3) is 0.722. The second-order valence-electron chi connectivity index (χ2n) is 14.7. The molecule has 262 valence electrons. The first-order valence-corrected chi connectivity index (χ1v) is 27.9. The molecular weight excluding hydrogens is 644 g/mol. The normalized spacial score (nSPS) is 12.4. The molecule has 0 aliphatic heterocycles. The number of rotatable bonds is 27. The molecule has 0 unspecified atom stereocenters. The smallest absolute Gasteiger partial charge is 0.311 e. The molecule has 1 heterocycles. The van der Waals surface area contributed by atoms with Crippen molar-refractivity contribution in [1.29, 1.82) is 0 Å². The van der Waals surface area contributed by atoms with Gasteiger partial charge in [0.2, 0.25) is 0 Å². The Morgan fingerprint density at radius 1 is 0.543 bits per heavy atom. The highest BCUT2D eigenvalue weighted by Gasteiger charge is 2.37. The zero-order valence-electron chi connectivity index (χ0n) is 30.3. The number of nitrogens with zero attached hydrogens (tertiary/aromatic N) is 2. The summed E-state index contributed by atoms with van der Waals surface area (Å²) in [7, 11) is -5.22. The van der Waals surface area contributed by atoms with E-state index in [1.807, 2.05) is 24.3 Å². The Labute approximate surface area is 290 Å². The Morgan fingerprint density at radius 2 is 1.00 bits per heavy atom. The number of hydrogen-bond acceptors (Lipinski definition) is 6. The summed E-state index contributed by atoms with van der Waals surface area (Å²) in [6.45, 7) is 17.4. The number of alkyl halides is 1. The molecule has 1 aromatic carbocycles. The Balaban J connectivity index is 1.48. The first-order chi connectivity index (χ1) is 21.9. The van der Waals surface area contributed by atoms with Crippen molar-refractivity contribution in [2.75, 3.05) is 19.1 Å². The summed E-state index contributed by atoms with van der Waals surface area (Å²) < 4.78 is 24.8. The highest BCUT2D eigenvalue weighted by Crippen LogP contribution is 2.25. The summed E-state index contributed by atoms with van der Waals surface area (Å²) in [4.78, 5) is 8.99. The minimum atomic E-state index is -2.01. The van der Waals surface area contributed by atoms with Crippen LogP contribution in [0.4, 0.5) is 0 Å². The highest BCUT2D eigenvalue weighted by molar-refractivity contribution is 6.87. The third-order valence-corrected chi connectivity index (χ3v) is 18.2. The third kappa shape index (κ3) is 20.2. The number of aromatic nitrogens is 2. The fourth-order valence-electron chi connectivity index (χ4n) is 5.89. The summed E-state index contributed by atoms with van der Waals surface area (Å²) in [6, 6.07) is 9.31. The summed E-state index contributed by atoms with van der Waals surface area (Å²) in [6.07, 6.45) is 22.2. The summed E-state index contributed by atoms with van der Waals surface area (Å²) in [5.74, 6) is 3.10. The number of ether oxygens (including phenoxy) is 2. The van der Waals surface area contributed by atoms with Crippen molar-refractivity contribution in [2.45, 2.75) is 148 Å². The number of hydrogen-bond donors (Lipinski definition) is 0. The molecule has 0 aliphatic rings. The van der Waals surface area contributed by atoms with Crippen LogP contribution in [0.5, 0.6) is 11.5 Å². The lowest BCUT2D eigenvalue weighted by Gasteiger charge is -2.37. The predicted octanol–water partition coefficient (Wildman–Crippen LogP) is 11.8. The molecule has 0 bridgehead atoms. The molecule has 2 aromatic rings. The van der Waals surface area contributed by atoms with Gasteiger partial charge in [0.05, 0.1) is 25.6 Å². The molecule has 0 spiro atoms. The largest absolute Gasteiger partial charge is 0.494 e. The molecule has 6 nitrogen and oxygen atoms in total. The monoisotopic (exact) mass is 708 g/mol. The maximum Gasteiger partial charge on any atom is 0.311 e. The van der Waals surface area contributed by atoms with Gasteiger partial charge in [-0.1, -0.05) is 77.0 Å². The number of unbranched alkanes of at least 4 members (excludes halogenated alkanes) is 13. The van der Waals surface area contributed by atoms with Gasteiger partial charge in [-0.3, -0.25) is 0 Å². The number of benzene rings is 1. The molecule has 1 aromatic heterocycles. The molecule has 0 N–H and O–H groups in total. The zero-order valence-corrected chi connectivity index (χ0v) is 34.1. The molecule has 10 heteroatoms. The van der Waals surface area contributed by atoms with Gasteiger partial charge in [0.25, 0.3) is 0 Å². The molecule has 0 amide bonds. The summed E-state index contributed by atoms with van der Waals surface area (Å²) >= 11 is 5.72. The zero-order chi connectivity index (χ0) is 33.7. The van der Waals surface area contributed by atoms with Crippen molar-refractivity contribution in [3.8, 4) is 22.9 Å². The summed E-state index contributed by atoms with van der Waals surface area (Å²) in [5.41, 5.74) is 0.979. The maximum atomic E-state index is 6.64. The molecule has 0 atom stereocenters. The van der Waals surface area contributed by atoms with Crippen LogP contribution in [0.1, 0.15) is 96.3 Å². The standard InChI is InChI=1S/C36H65ClN2O4Si3/c1-44(2,3)42-46(6,7)43-45(4,5)30-22-18-14-10-8-9-12-16-20-28-40-34-25-23-33(24-26-34)36-38-31-35(32-39-36)41-29-21-17-13-11-15-19-27-37/h23-26,31-32H,8-22,27-30H2,1-7H3. The van der Waals surface area contributed by atoms with Crippen LogP contribution in [0.15, 0.2) is 36.7 Å². The van der Waals surface area contributed by atoms with Crippen molar-refractivity contribution in [3.63, 3.8) is 0 Å². The quantitative estimate of drug-likeness (QED) is 0.0523. The minimum absolute atomic E-state index is 0.700. The Morgan fingerprint density at radius 3 is 1.50 bits per heavy atom. The van der Waals surface area contributed by atoms with Crippen LogP contribution in [0.2, 0.25) is 51.9 Å². The average molecular weight is 710 g/mol. The van der Waals surface area contributed by atoms with E-state index in [1.165, 1.54) is 83.1 Å². The van der Waals surface area contributed by atoms with Gasteiger partial charge in [0.1, 0.15) is 5.75 Å². The SMILES string of the molecule is C[Si](C)(C)O[Si](C)(C)O[Si](C)(C)CCCCCCCCCCCOc1ccc(-c2ncc(OCCCCCCCCCl)cn2)cc1. The molecule has 2 rings (SSSR count). The van der Waals surface area contributed by atoms with Crippen LogP contribution in [-0.2, 0) is 8.23 Å². The van der Waals surface area contributed by atoms with Crippen LogP contribution in [0, 0.1) is 0 Å². The molecule has 0 aliphatic carbocycles. The van der Waals surface area contributed by atoms with Crippen LogP contribution >= 0.6 is 11.6 Å². The molecule has 0 radical (unpaired) electrons. The van der Waals surface area contributed by atoms with Gasteiger partial charge < -0.3 is 17.7 Å². The van der Waals surface area contributed by atoms with Crippen molar-refractivity contribution in [2.24, 2.45) is 0 Å². The van der Waals surface area contributed by atoms with Gasteiger partial charge in [0.15, 0.2) is 28.2 Å². The molecule has 46 heavy (non-hydrogen) atoms. The third-order valence-electron chi connectivity index (χ3n) is 7.80. The fourth-order valence-corrected chi connectivity index (χ4v) is 19.4. The Hall–Kier alpha value is -1.24. The van der Waals surface area contributed by atoms with Crippen LogP contribution in [0.25, 0.3) is 11.4 Å². The van der Waals surface area contributed by atoms with E-state index < -0.39 is 25.2 Å². The van der Waals surface area contributed by atoms with Crippen molar-refractivity contribution in [1.82, 2.24) is 9.97 Å². The molecule has 0 fully saturated rings.